The number of nitrogens with zero attached hydrogens (tertiary/aromatic N) is 3. The Kier molecular flexibility index (Phi) is 6.51. The van der Waals surface area contributed by atoms with Crippen LogP contribution in [0.2, 0.25) is 0 Å². The summed E-state index contributed by atoms with van der Waals surface area (Å²) in [5.41, 5.74) is 1.95. The fourth-order valence-electron chi connectivity index (χ4n) is 3.26. The SMILES string of the molecule is CC[C@@H](C(=O)NCc1ccccc1-n1ccnc1)N(c1ccc(F)cc1)S(C)(=O)=O. The Morgan fingerprint density at radius 1 is 1.20 bits per heavy atom. The molecule has 0 bridgehead atoms. The van der Waals surface area contributed by atoms with Gasteiger partial charge < -0.3 is 9.88 Å². The number of aromatic nitrogens is 2. The molecule has 1 aromatic heterocycles. The van der Waals surface area contributed by atoms with Gasteiger partial charge in [-0.25, -0.2) is 17.8 Å². The van der Waals surface area contributed by atoms with Gasteiger partial charge in [0.15, 0.2) is 0 Å². The van der Waals surface area contributed by atoms with Gasteiger partial charge in [-0.3, -0.25) is 9.10 Å². The molecule has 7 nitrogen and oxygen atoms in total. The molecule has 0 fully saturated rings. The van der Waals surface area contributed by atoms with E-state index in [0.717, 1.165) is 21.8 Å². The molecule has 0 aliphatic heterocycles. The molecule has 0 unspecified atom stereocenters. The number of amides is 1. The Balaban J connectivity index is 1.83. The zero-order valence-electron chi connectivity index (χ0n) is 16.7. The normalized spacial score (nSPS) is 12.4. The smallest absolute Gasteiger partial charge is 0.244 e. The highest BCUT2D eigenvalue weighted by Crippen LogP contribution is 2.23. The topological polar surface area (TPSA) is 84.3 Å². The number of carbonyl (C=O) groups excluding carboxylic acids is 1. The molecule has 3 aromatic rings. The average molecular weight is 431 g/mol. The first-order valence-electron chi connectivity index (χ1n) is 9.40. The maximum absolute atomic E-state index is 13.3. The molecule has 2 aromatic carbocycles. The van der Waals surface area contributed by atoms with E-state index in [0.29, 0.717) is 0 Å². The van der Waals surface area contributed by atoms with Crippen molar-refractivity contribution in [1.29, 1.82) is 0 Å². The minimum absolute atomic E-state index is 0.213. The number of anilines is 1. The van der Waals surface area contributed by atoms with E-state index in [4.69, 9.17) is 0 Å². The first-order chi connectivity index (χ1) is 14.3. The summed E-state index contributed by atoms with van der Waals surface area (Å²) < 4.78 is 41.1. The maximum Gasteiger partial charge on any atom is 0.244 e. The number of hydrogen-bond donors (Lipinski definition) is 1. The molecule has 1 atom stereocenters. The monoisotopic (exact) mass is 430 g/mol. The highest BCUT2D eigenvalue weighted by molar-refractivity contribution is 7.92. The van der Waals surface area contributed by atoms with Crippen molar-refractivity contribution in [1.82, 2.24) is 14.9 Å². The summed E-state index contributed by atoms with van der Waals surface area (Å²) in [5.74, 6) is -0.923. The highest BCUT2D eigenvalue weighted by atomic mass is 32.2. The van der Waals surface area contributed by atoms with Gasteiger partial charge in [0.25, 0.3) is 0 Å². The Morgan fingerprint density at radius 2 is 1.90 bits per heavy atom. The molecule has 0 spiro atoms. The zero-order valence-corrected chi connectivity index (χ0v) is 17.5. The van der Waals surface area contributed by atoms with Crippen LogP contribution in [-0.2, 0) is 21.4 Å². The average Bonchev–Trinajstić information content (AvgIpc) is 3.25. The third kappa shape index (κ3) is 4.85. The molecular weight excluding hydrogens is 407 g/mol. The van der Waals surface area contributed by atoms with Gasteiger partial charge in [-0.2, -0.15) is 0 Å². The van der Waals surface area contributed by atoms with Gasteiger partial charge in [-0.05, 0) is 42.3 Å². The Bertz CT molecular complexity index is 1100. The summed E-state index contributed by atoms with van der Waals surface area (Å²) in [4.78, 5) is 17.0. The van der Waals surface area contributed by atoms with Gasteiger partial charge in [0.05, 0.1) is 24.0 Å². The molecule has 0 saturated heterocycles. The van der Waals surface area contributed by atoms with Crippen molar-refractivity contribution in [2.24, 2.45) is 0 Å². The summed E-state index contributed by atoms with van der Waals surface area (Å²) >= 11 is 0. The number of sulfonamides is 1. The van der Waals surface area contributed by atoms with E-state index >= 15 is 0 Å². The van der Waals surface area contributed by atoms with Gasteiger partial charge in [0.2, 0.25) is 15.9 Å². The second-order valence-corrected chi connectivity index (χ2v) is 8.64. The van der Waals surface area contributed by atoms with E-state index in [9.17, 15) is 17.6 Å². The second kappa shape index (κ2) is 9.08. The molecule has 30 heavy (non-hydrogen) atoms. The van der Waals surface area contributed by atoms with Crippen LogP contribution in [0.25, 0.3) is 5.69 Å². The van der Waals surface area contributed by atoms with Crippen LogP contribution in [0.1, 0.15) is 18.9 Å². The van der Waals surface area contributed by atoms with Crippen molar-refractivity contribution in [3.05, 3.63) is 78.6 Å². The molecule has 0 saturated carbocycles. The molecule has 1 N–H and O–H groups in total. The number of para-hydroxylation sites is 1. The molecule has 3 rings (SSSR count). The lowest BCUT2D eigenvalue weighted by molar-refractivity contribution is -0.122. The third-order valence-corrected chi connectivity index (χ3v) is 5.82. The Labute approximate surface area is 175 Å². The lowest BCUT2D eigenvalue weighted by atomic mass is 10.1. The van der Waals surface area contributed by atoms with Gasteiger partial charge >= 0.3 is 0 Å². The first-order valence-corrected chi connectivity index (χ1v) is 11.2. The summed E-state index contributed by atoms with van der Waals surface area (Å²) in [5, 5.41) is 2.83. The maximum atomic E-state index is 13.3. The minimum atomic E-state index is -3.78. The summed E-state index contributed by atoms with van der Waals surface area (Å²) in [6.45, 7) is 1.94. The zero-order chi connectivity index (χ0) is 21.7. The van der Waals surface area contributed by atoms with E-state index in [-0.39, 0.29) is 18.7 Å². The molecule has 0 radical (unpaired) electrons. The van der Waals surface area contributed by atoms with Gasteiger partial charge in [0, 0.05) is 18.9 Å². The third-order valence-electron chi connectivity index (χ3n) is 4.64. The van der Waals surface area contributed by atoms with Crippen LogP contribution in [0.4, 0.5) is 10.1 Å². The van der Waals surface area contributed by atoms with Crippen LogP contribution < -0.4 is 9.62 Å². The summed E-state index contributed by atoms with van der Waals surface area (Å²) in [6.07, 6.45) is 6.40. The van der Waals surface area contributed by atoms with Crippen molar-refractivity contribution in [2.45, 2.75) is 25.9 Å². The largest absolute Gasteiger partial charge is 0.350 e. The van der Waals surface area contributed by atoms with Gasteiger partial charge in [0.1, 0.15) is 11.9 Å². The quantitative estimate of drug-likeness (QED) is 0.596. The molecule has 9 heteroatoms. The van der Waals surface area contributed by atoms with Gasteiger partial charge in [-0.15, -0.1) is 0 Å². The van der Waals surface area contributed by atoms with Gasteiger partial charge in [-0.1, -0.05) is 25.1 Å². The van der Waals surface area contributed by atoms with E-state index in [1.165, 1.54) is 24.3 Å². The summed E-state index contributed by atoms with van der Waals surface area (Å²) in [7, 11) is -3.78. The number of carbonyl (C=O) groups is 1. The van der Waals surface area contributed by atoms with Crippen LogP contribution in [0.3, 0.4) is 0 Å². The van der Waals surface area contributed by atoms with Crippen LogP contribution in [0.5, 0.6) is 0 Å². The molecular formula is C21H23FN4O3S. The molecule has 0 aliphatic rings. The molecule has 0 aliphatic carbocycles. The standard InChI is InChI=1S/C21H23FN4O3S/c1-3-19(26(30(2,28)29)18-10-8-17(22)9-11-18)21(27)24-14-16-6-4-5-7-20(16)25-13-12-23-15-25/h4-13,15,19H,3,14H2,1-2H3,(H,24,27)/t19-/m0/s1. The van der Waals surface area contributed by atoms with Crippen molar-refractivity contribution in [3.8, 4) is 5.69 Å². The lowest BCUT2D eigenvalue weighted by Gasteiger charge is -2.30. The Morgan fingerprint density at radius 3 is 2.50 bits per heavy atom. The highest BCUT2D eigenvalue weighted by Gasteiger charge is 2.31. The predicted octanol–water partition coefficient (Wildman–Crippen LogP) is 2.87. The van der Waals surface area contributed by atoms with Crippen LogP contribution in [0, 0.1) is 5.82 Å². The number of benzene rings is 2. The number of rotatable bonds is 8. The van der Waals surface area contributed by atoms with Crippen LogP contribution in [0.15, 0.2) is 67.3 Å². The van der Waals surface area contributed by atoms with Crippen molar-refractivity contribution < 1.29 is 17.6 Å². The van der Waals surface area contributed by atoms with E-state index < -0.39 is 27.8 Å². The summed E-state index contributed by atoms with van der Waals surface area (Å²) in [6, 6.07) is 11.6. The number of halogens is 1. The van der Waals surface area contributed by atoms with Crippen molar-refractivity contribution in [2.75, 3.05) is 10.6 Å². The van der Waals surface area contributed by atoms with E-state index in [2.05, 4.69) is 10.3 Å². The van der Waals surface area contributed by atoms with Crippen molar-refractivity contribution >= 4 is 21.6 Å². The first kappa shape index (κ1) is 21.5. The Hall–Kier alpha value is -3.20. The molecule has 1 heterocycles. The second-order valence-electron chi connectivity index (χ2n) is 6.78. The molecule has 158 valence electrons. The van der Waals surface area contributed by atoms with Crippen LogP contribution in [-0.4, -0.2) is 36.2 Å². The number of imidazole rings is 1. The van der Waals surface area contributed by atoms with E-state index in [1.807, 2.05) is 28.8 Å². The fourth-order valence-corrected chi connectivity index (χ4v) is 4.47. The van der Waals surface area contributed by atoms with Crippen molar-refractivity contribution in [3.63, 3.8) is 0 Å². The lowest BCUT2D eigenvalue weighted by Crippen LogP contribution is -2.49. The number of hydrogen-bond acceptors (Lipinski definition) is 4. The number of nitrogens with one attached hydrogen (secondary N) is 1. The fraction of sp³-hybridized carbons (Fsp3) is 0.238. The molecule has 1 amide bonds. The van der Waals surface area contributed by atoms with Crippen LogP contribution >= 0.6 is 0 Å². The minimum Gasteiger partial charge on any atom is -0.350 e. The van der Waals surface area contributed by atoms with E-state index in [1.54, 1.807) is 25.6 Å². The predicted molar refractivity (Wildman–Crippen MR) is 113 cm³/mol.